The number of ether oxygens (including phenoxy) is 4. The van der Waals surface area contributed by atoms with Crippen LogP contribution in [0.4, 0.5) is 0 Å². The van der Waals surface area contributed by atoms with E-state index >= 15 is 0 Å². The van der Waals surface area contributed by atoms with Gasteiger partial charge in [-0.2, -0.15) is 0 Å². The number of nitrogens with zero attached hydrogens (tertiary/aromatic N) is 1. The Morgan fingerprint density at radius 2 is 0.613 bits per heavy atom. The van der Waals surface area contributed by atoms with Crippen molar-refractivity contribution in [1.29, 1.82) is 0 Å². The first kappa shape index (κ1) is 90.0. The highest BCUT2D eigenvalue weighted by atomic mass is 16.7. The molecule has 544 valence electrons. The molecule has 0 fully saturated rings. The summed E-state index contributed by atoms with van der Waals surface area (Å²) in [6, 6.07) is 0. The van der Waals surface area contributed by atoms with E-state index in [1.54, 1.807) is 0 Å². The van der Waals surface area contributed by atoms with Gasteiger partial charge < -0.3 is 28.5 Å². The first-order valence-corrected chi connectivity index (χ1v) is 40.5. The number of carboxylic acid groups (broad SMARTS) is 1. The minimum atomic E-state index is -1.51. The van der Waals surface area contributed by atoms with Crippen LogP contribution in [-0.4, -0.2) is 87.4 Å². The van der Waals surface area contributed by atoms with Gasteiger partial charge in [-0.25, -0.2) is 4.79 Å². The predicted molar refractivity (Wildman–Crippen MR) is 401 cm³/mol. The van der Waals surface area contributed by atoms with Gasteiger partial charge in [0.2, 0.25) is 0 Å². The quantitative estimate of drug-likeness (QED) is 0.0211. The minimum Gasteiger partial charge on any atom is -0.477 e. The van der Waals surface area contributed by atoms with Crippen molar-refractivity contribution in [3.63, 3.8) is 0 Å². The van der Waals surface area contributed by atoms with Crippen LogP contribution in [0.3, 0.4) is 0 Å². The molecule has 0 radical (unpaired) electrons. The highest BCUT2D eigenvalue weighted by Crippen LogP contribution is 2.20. The average molecular weight is 1310 g/mol. The molecule has 93 heavy (non-hydrogen) atoms. The zero-order chi connectivity index (χ0) is 67.5. The first-order valence-electron chi connectivity index (χ1n) is 40.5. The number of esters is 2. The Labute approximate surface area is 577 Å². The molecule has 0 bridgehead atoms. The minimum absolute atomic E-state index is 0.179. The summed E-state index contributed by atoms with van der Waals surface area (Å²) in [6.45, 7) is 4.83. The summed E-state index contributed by atoms with van der Waals surface area (Å²) < 4.78 is 23.1. The Morgan fingerprint density at radius 3 is 0.914 bits per heavy atom. The SMILES string of the molecule is CC/C=C\C/C=C\C/C=C\C/C=C\C/C=C\CCCCCCCCCCCCCCCC(=O)OC(COC(=O)CCCCCCCCCCCCCCCCCCCCCCCCCCCCCCCCCCCCCCCCC)COC(OCC[N+](C)(C)C)C(=O)O. The topological polar surface area (TPSA) is 108 Å². The standard InChI is InChI=1S/C84H155NO8/c1-6-8-10-12-14-16-18-20-22-24-26-28-30-32-34-36-37-38-39-40-41-42-43-44-45-47-48-50-52-54-56-58-60-62-64-66-68-70-72-74-81(86)91-78-80(79-92-84(83(88)89)90-77-76-85(3,4)5)93-82(87)75-73-71-69-67-65-63-61-59-57-55-53-51-49-46-35-33-31-29-27-25-23-21-19-17-15-13-11-9-7-2/h9,11,15,17,21,23,27,29,33,35,80,84H,6-8,10,12-14,16,18-20,22,24-26,28,30-32,34,36-79H2,1-5H3/p+1/b11-9-,17-15-,23-21-,29-27-,35-33-. The van der Waals surface area contributed by atoms with Gasteiger partial charge in [0, 0.05) is 12.8 Å². The van der Waals surface area contributed by atoms with Crippen LogP contribution >= 0.6 is 0 Å². The number of carbonyl (C=O) groups excluding carboxylic acids is 2. The van der Waals surface area contributed by atoms with Gasteiger partial charge in [0.25, 0.3) is 6.29 Å². The Balaban J connectivity index is 3.95. The Hall–Kier alpha value is -3.01. The number of unbranched alkanes of at least 4 members (excludes halogenated alkanes) is 51. The number of hydrogen-bond donors (Lipinski definition) is 1. The van der Waals surface area contributed by atoms with Crippen molar-refractivity contribution >= 4 is 17.9 Å². The maximum Gasteiger partial charge on any atom is 0.361 e. The summed E-state index contributed by atoms with van der Waals surface area (Å²) in [6.07, 6.45) is 96.8. The van der Waals surface area contributed by atoms with Gasteiger partial charge in [0.15, 0.2) is 6.10 Å². The Morgan fingerprint density at radius 1 is 0.333 bits per heavy atom. The first-order chi connectivity index (χ1) is 45.6. The number of carbonyl (C=O) groups is 3. The molecular formula is C84H156NO8+. The lowest BCUT2D eigenvalue weighted by Gasteiger charge is -2.25. The van der Waals surface area contributed by atoms with Crippen molar-refractivity contribution < 1.29 is 42.9 Å². The van der Waals surface area contributed by atoms with Crippen LogP contribution in [-0.2, 0) is 33.3 Å². The highest BCUT2D eigenvalue weighted by molar-refractivity contribution is 5.71. The largest absolute Gasteiger partial charge is 0.477 e. The van der Waals surface area contributed by atoms with E-state index in [-0.39, 0.29) is 32.2 Å². The molecule has 0 aliphatic heterocycles. The predicted octanol–water partition coefficient (Wildman–Crippen LogP) is 25.8. The molecule has 0 aromatic carbocycles. The number of hydrogen-bond acceptors (Lipinski definition) is 7. The molecule has 0 aliphatic carbocycles. The zero-order valence-electron chi connectivity index (χ0n) is 62.4. The van der Waals surface area contributed by atoms with Gasteiger partial charge in [0.05, 0.1) is 34.4 Å². The van der Waals surface area contributed by atoms with Crippen LogP contribution in [0, 0.1) is 0 Å². The van der Waals surface area contributed by atoms with Gasteiger partial charge >= 0.3 is 17.9 Å². The van der Waals surface area contributed by atoms with E-state index in [2.05, 4.69) is 74.6 Å². The van der Waals surface area contributed by atoms with E-state index < -0.39 is 24.3 Å². The third kappa shape index (κ3) is 76.2. The Kier molecular flexibility index (Phi) is 72.4. The average Bonchev–Trinajstić information content (AvgIpc) is 3.74. The molecule has 0 heterocycles. The molecule has 0 amide bonds. The Bertz CT molecular complexity index is 1710. The number of allylic oxidation sites excluding steroid dienone is 10. The second kappa shape index (κ2) is 74.8. The molecule has 2 atom stereocenters. The van der Waals surface area contributed by atoms with Crippen molar-refractivity contribution in [1.82, 2.24) is 0 Å². The van der Waals surface area contributed by atoms with E-state index in [4.69, 9.17) is 18.9 Å². The van der Waals surface area contributed by atoms with Crippen LogP contribution in [0.25, 0.3) is 0 Å². The summed E-state index contributed by atoms with van der Waals surface area (Å²) in [5, 5.41) is 9.77. The molecule has 0 aliphatic rings. The van der Waals surface area contributed by atoms with Gasteiger partial charge in [-0.05, 0) is 57.8 Å². The summed E-state index contributed by atoms with van der Waals surface area (Å²) in [4.78, 5) is 37.7. The van der Waals surface area contributed by atoms with E-state index in [1.807, 2.05) is 21.1 Å². The monoisotopic (exact) mass is 1310 g/mol. The summed E-state index contributed by atoms with van der Waals surface area (Å²) in [7, 11) is 5.99. The number of carboxylic acids is 1. The molecule has 0 aromatic rings. The molecule has 0 spiro atoms. The van der Waals surface area contributed by atoms with Crippen molar-refractivity contribution in [2.45, 2.75) is 411 Å². The van der Waals surface area contributed by atoms with Crippen molar-refractivity contribution in [3.05, 3.63) is 60.8 Å². The summed E-state index contributed by atoms with van der Waals surface area (Å²) in [5.41, 5.74) is 0. The van der Waals surface area contributed by atoms with Crippen LogP contribution in [0.2, 0.25) is 0 Å². The maximum absolute atomic E-state index is 13.0. The van der Waals surface area contributed by atoms with Gasteiger partial charge in [0.1, 0.15) is 13.2 Å². The lowest BCUT2D eigenvalue weighted by molar-refractivity contribution is -0.870. The molecule has 0 aromatic heterocycles. The molecule has 9 heteroatoms. The van der Waals surface area contributed by atoms with E-state index in [0.29, 0.717) is 17.4 Å². The molecule has 0 saturated heterocycles. The second-order valence-electron chi connectivity index (χ2n) is 28.7. The van der Waals surface area contributed by atoms with Gasteiger partial charge in [-0.1, -0.05) is 389 Å². The third-order valence-electron chi connectivity index (χ3n) is 18.3. The van der Waals surface area contributed by atoms with Crippen LogP contribution in [0.5, 0.6) is 0 Å². The summed E-state index contributed by atoms with van der Waals surface area (Å²) >= 11 is 0. The van der Waals surface area contributed by atoms with Gasteiger partial charge in [-0.15, -0.1) is 0 Å². The number of rotatable bonds is 76. The fourth-order valence-corrected chi connectivity index (χ4v) is 12.2. The van der Waals surface area contributed by atoms with Crippen LogP contribution in [0.15, 0.2) is 60.8 Å². The molecule has 2 unspecified atom stereocenters. The highest BCUT2D eigenvalue weighted by Gasteiger charge is 2.25. The fraction of sp³-hybridized carbons (Fsp3) is 0.845. The van der Waals surface area contributed by atoms with Crippen molar-refractivity contribution in [3.8, 4) is 0 Å². The smallest absolute Gasteiger partial charge is 0.361 e. The second-order valence-corrected chi connectivity index (χ2v) is 28.7. The third-order valence-corrected chi connectivity index (χ3v) is 18.3. The normalized spacial score (nSPS) is 12.9. The fourth-order valence-electron chi connectivity index (χ4n) is 12.2. The number of quaternary nitrogens is 1. The molecule has 9 nitrogen and oxygen atoms in total. The van der Waals surface area contributed by atoms with E-state index in [9.17, 15) is 19.5 Å². The molecule has 0 saturated carbocycles. The summed E-state index contributed by atoms with van der Waals surface area (Å²) in [5.74, 6) is -1.98. The molecule has 1 N–H and O–H groups in total. The van der Waals surface area contributed by atoms with Crippen molar-refractivity contribution in [2.75, 3.05) is 47.5 Å². The van der Waals surface area contributed by atoms with E-state index in [0.717, 1.165) is 70.6 Å². The number of aliphatic carboxylic acids is 1. The molecular weight excluding hydrogens is 1150 g/mol. The van der Waals surface area contributed by atoms with Crippen molar-refractivity contribution in [2.24, 2.45) is 0 Å². The van der Waals surface area contributed by atoms with Gasteiger partial charge in [-0.3, -0.25) is 9.59 Å². The lowest BCUT2D eigenvalue weighted by Crippen LogP contribution is -2.40. The maximum atomic E-state index is 13.0. The zero-order valence-corrected chi connectivity index (χ0v) is 62.4. The van der Waals surface area contributed by atoms with Crippen LogP contribution < -0.4 is 0 Å². The van der Waals surface area contributed by atoms with Crippen LogP contribution in [0.1, 0.15) is 399 Å². The van der Waals surface area contributed by atoms with E-state index in [1.165, 1.54) is 302 Å². The number of likely N-dealkylation sites (N-methyl/N-ethyl adjacent to an activating group) is 1. The lowest BCUT2D eigenvalue weighted by atomic mass is 10.0. The molecule has 0 rings (SSSR count).